The summed E-state index contributed by atoms with van der Waals surface area (Å²) in [5.41, 5.74) is 0. The molecule has 0 fully saturated rings. The molecule has 0 aliphatic carbocycles. The van der Waals surface area contributed by atoms with Crippen LogP contribution < -0.4 is 0 Å². The van der Waals surface area contributed by atoms with E-state index in [-0.39, 0.29) is 0 Å². The lowest BCUT2D eigenvalue weighted by molar-refractivity contribution is 0.0220. The number of hydrogen-bond acceptors (Lipinski definition) is 4. The maximum Gasteiger partial charge on any atom is 0.0700 e. The van der Waals surface area contributed by atoms with E-state index in [4.69, 9.17) is 18.9 Å². The van der Waals surface area contributed by atoms with E-state index in [1.165, 1.54) is 0 Å². The summed E-state index contributed by atoms with van der Waals surface area (Å²) in [5.74, 6) is 0. The average Bonchev–Trinajstić information content (AvgIpc) is 2.35. The molecule has 0 amide bonds. The molecule has 0 aliphatic heterocycles. The lowest BCUT2D eigenvalue weighted by Gasteiger charge is -2.06. The fraction of sp³-hybridized carbons (Fsp3) is 1.00. The van der Waals surface area contributed by atoms with Crippen molar-refractivity contribution in [1.82, 2.24) is 0 Å². The lowest BCUT2D eigenvalue weighted by Crippen LogP contribution is -2.09. The van der Waals surface area contributed by atoms with Crippen molar-refractivity contribution in [3.8, 4) is 0 Å². The molecule has 4 nitrogen and oxygen atoms in total. The Bertz CT molecular complexity index is 117. The van der Waals surface area contributed by atoms with Crippen molar-refractivity contribution < 1.29 is 18.9 Å². The first-order valence-corrected chi connectivity index (χ1v) is 6.72. The normalized spacial score (nSPS) is 10.9. The van der Waals surface area contributed by atoms with Crippen LogP contribution in [0.5, 0.6) is 0 Å². The van der Waals surface area contributed by atoms with E-state index in [1.807, 2.05) is 0 Å². The monoisotopic (exact) mass is 248 g/mol. The quantitative estimate of drug-likeness (QED) is 0.442. The molecule has 0 radical (unpaired) electrons. The van der Waals surface area contributed by atoms with Crippen LogP contribution in [0.15, 0.2) is 0 Å². The third-order valence-electron chi connectivity index (χ3n) is 2.02. The summed E-state index contributed by atoms with van der Waals surface area (Å²) in [4.78, 5) is 0. The zero-order chi connectivity index (χ0) is 12.6. The van der Waals surface area contributed by atoms with Crippen LogP contribution in [0.4, 0.5) is 0 Å². The van der Waals surface area contributed by atoms with Crippen molar-refractivity contribution in [3.05, 3.63) is 0 Å². The van der Waals surface area contributed by atoms with Crippen molar-refractivity contribution in [2.24, 2.45) is 0 Å². The van der Waals surface area contributed by atoms with Gasteiger partial charge in [-0.3, -0.25) is 0 Å². The second-order valence-electron chi connectivity index (χ2n) is 3.80. The summed E-state index contributed by atoms with van der Waals surface area (Å²) in [6, 6.07) is 0. The van der Waals surface area contributed by atoms with Crippen molar-refractivity contribution in [1.29, 1.82) is 0 Å². The van der Waals surface area contributed by atoms with Gasteiger partial charge in [0.15, 0.2) is 0 Å². The molecule has 0 aromatic rings. The molecule has 0 unspecified atom stereocenters. The zero-order valence-electron chi connectivity index (χ0n) is 11.4. The second kappa shape index (κ2) is 15.8. The molecule has 17 heavy (non-hydrogen) atoms. The first-order chi connectivity index (χ1) is 8.41. The van der Waals surface area contributed by atoms with Crippen molar-refractivity contribution >= 4 is 0 Å². The number of ether oxygens (including phenoxy) is 4. The first-order valence-electron chi connectivity index (χ1n) is 6.72. The fourth-order valence-corrected chi connectivity index (χ4v) is 1.20. The number of rotatable bonds is 14. The van der Waals surface area contributed by atoms with Gasteiger partial charge in [-0.25, -0.2) is 0 Å². The van der Waals surface area contributed by atoms with E-state index >= 15 is 0 Å². The van der Waals surface area contributed by atoms with Crippen LogP contribution >= 0.6 is 0 Å². The third-order valence-corrected chi connectivity index (χ3v) is 2.02. The highest BCUT2D eigenvalue weighted by Gasteiger charge is 1.92. The zero-order valence-corrected chi connectivity index (χ0v) is 11.4. The molecule has 0 N–H and O–H groups in total. The van der Waals surface area contributed by atoms with Gasteiger partial charge in [0.25, 0.3) is 0 Å². The van der Waals surface area contributed by atoms with E-state index in [0.717, 1.165) is 45.7 Å². The van der Waals surface area contributed by atoms with Gasteiger partial charge >= 0.3 is 0 Å². The molecule has 0 aliphatic rings. The second-order valence-corrected chi connectivity index (χ2v) is 3.80. The Balaban J connectivity index is 2.85. The largest absolute Gasteiger partial charge is 0.379 e. The first kappa shape index (κ1) is 16.8. The minimum Gasteiger partial charge on any atom is -0.379 e. The van der Waals surface area contributed by atoms with Gasteiger partial charge in [0, 0.05) is 26.4 Å². The Kier molecular flexibility index (Phi) is 15.7. The van der Waals surface area contributed by atoms with Crippen molar-refractivity contribution in [2.45, 2.75) is 33.1 Å². The van der Waals surface area contributed by atoms with Crippen LogP contribution in [0.2, 0.25) is 0 Å². The molecular weight excluding hydrogens is 220 g/mol. The van der Waals surface area contributed by atoms with Gasteiger partial charge < -0.3 is 18.9 Å². The van der Waals surface area contributed by atoms with Gasteiger partial charge in [0.05, 0.1) is 26.4 Å². The maximum atomic E-state index is 5.39. The van der Waals surface area contributed by atoms with Gasteiger partial charge in [-0.15, -0.1) is 0 Å². The van der Waals surface area contributed by atoms with Crippen molar-refractivity contribution in [2.75, 3.05) is 52.9 Å². The van der Waals surface area contributed by atoms with Gasteiger partial charge in [0.2, 0.25) is 0 Å². The third kappa shape index (κ3) is 15.8. The van der Waals surface area contributed by atoms with Crippen LogP contribution in [0.25, 0.3) is 0 Å². The summed E-state index contributed by atoms with van der Waals surface area (Å²) in [7, 11) is 0. The van der Waals surface area contributed by atoms with E-state index in [9.17, 15) is 0 Å². The minimum absolute atomic E-state index is 0.680. The van der Waals surface area contributed by atoms with Gasteiger partial charge in [-0.05, 0) is 19.3 Å². The van der Waals surface area contributed by atoms with Crippen LogP contribution in [-0.2, 0) is 18.9 Å². The Morgan fingerprint density at radius 1 is 0.471 bits per heavy atom. The van der Waals surface area contributed by atoms with Gasteiger partial charge in [-0.1, -0.05) is 13.8 Å². The van der Waals surface area contributed by atoms with Crippen LogP contribution in [0.3, 0.4) is 0 Å². The smallest absolute Gasteiger partial charge is 0.0700 e. The average molecular weight is 248 g/mol. The summed E-state index contributed by atoms with van der Waals surface area (Å²) in [6.45, 7) is 10.1. The highest BCUT2D eigenvalue weighted by atomic mass is 16.5. The summed E-state index contributed by atoms with van der Waals surface area (Å²) >= 11 is 0. The fourth-order valence-electron chi connectivity index (χ4n) is 1.20. The highest BCUT2D eigenvalue weighted by molar-refractivity contribution is 4.37. The van der Waals surface area contributed by atoms with Crippen molar-refractivity contribution in [3.63, 3.8) is 0 Å². The molecule has 0 rings (SSSR count). The molecule has 0 spiro atoms. The molecule has 0 saturated heterocycles. The maximum absolute atomic E-state index is 5.39. The van der Waals surface area contributed by atoms with Crippen LogP contribution in [-0.4, -0.2) is 52.9 Å². The predicted molar refractivity (Wildman–Crippen MR) is 68.5 cm³/mol. The molecule has 0 atom stereocenters. The lowest BCUT2D eigenvalue weighted by atomic mass is 10.5. The molecule has 0 bridgehead atoms. The molecule has 0 aromatic heterocycles. The van der Waals surface area contributed by atoms with Crippen LogP contribution in [0, 0.1) is 0 Å². The molecule has 0 saturated carbocycles. The molecule has 0 heterocycles. The van der Waals surface area contributed by atoms with Gasteiger partial charge in [-0.2, -0.15) is 0 Å². The van der Waals surface area contributed by atoms with E-state index in [2.05, 4.69) is 13.8 Å². The Morgan fingerprint density at radius 3 is 1.18 bits per heavy atom. The predicted octanol–water partition coefficient (Wildman–Crippen LogP) is 2.26. The standard InChI is InChI=1S/C13H28O4/c1-3-6-14-10-12-16-8-5-9-17-13-11-15-7-4-2/h3-13H2,1-2H3. The summed E-state index contributed by atoms with van der Waals surface area (Å²) in [5, 5.41) is 0. The summed E-state index contributed by atoms with van der Waals surface area (Å²) in [6.07, 6.45) is 3.06. The van der Waals surface area contributed by atoms with E-state index in [0.29, 0.717) is 26.4 Å². The Hall–Kier alpha value is -0.160. The number of hydrogen-bond donors (Lipinski definition) is 0. The van der Waals surface area contributed by atoms with E-state index in [1.54, 1.807) is 0 Å². The molecule has 0 aromatic carbocycles. The molecule has 104 valence electrons. The van der Waals surface area contributed by atoms with Gasteiger partial charge in [0.1, 0.15) is 0 Å². The Morgan fingerprint density at radius 2 is 0.824 bits per heavy atom. The minimum atomic E-state index is 0.680. The summed E-state index contributed by atoms with van der Waals surface area (Å²) < 4.78 is 21.4. The van der Waals surface area contributed by atoms with Crippen LogP contribution in [0.1, 0.15) is 33.1 Å². The highest BCUT2D eigenvalue weighted by Crippen LogP contribution is 1.88. The molecular formula is C13H28O4. The van der Waals surface area contributed by atoms with E-state index < -0.39 is 0 Å². The molecule has 4 heteroatoms. The SMILES string of the molecule is CCCOCCOCCCOCCOCCC. The Labute approximate surface area is 106 Å². The topological polar surface area (TPSA) is 36.9 Å².